The van der Waals surface area contributed by atoms with Gasteiger partial charge in [0.15, 0.2) is 5.16 Å². The van der Waals surface area contributed by atoms with Crippen LogP contribution < -0.4 is 0 Å². The quantitative estimate of drug-likeness (QED) is 0.514. The Morgan fingerprint density at radius 1 is 1.06 bits per heavy atom. The Labute approximate surface area is 188 Å². The summed E-state index contributed by atoms with van der Waals surface area (Å²) in [4.78, 5) is 14.9. The maximum Gasteiger partial charge on any atom is 0.233 e. The highest BCUT2D eigenvalue weighted by atomic mass is 32.2. The number of amides is 1. The van der Waals surface area contributed by atoms with Gasteiger partial charge in [-0.25, -0.2) is 0 Å². The number of hydrogen-bond acceptors (Lipinski definition) is 4. The fourth-order valence-corrected chi connectivity index (χ4v) is 4.95. The van der Waals surface area contributed by atoms with Gasteiger partial charge in [-0.1, -0.05) is 48.2 Å². The zero-order valence-electron chi connectivity index (χ0n) is 18.5. The highest BCUT2D eigenvalue weighted by Gasteiger charge is 2.24. The first-order chi connectivity index (χ1) is 15.0. The van der Waals surface area contributed by atoms with Crippen LogP contribution in [0, 0.1) is 13.8 Å². The number of likely N-dealkylation sites (tertiary alicyclic amines) is 1. The molecule has 1 amide bonds. The minimum absolute atomic E-state index is 0.191. The Bertz CT molecular complexity index is 1050. The molecule has 0 unspecified atom stereocenters. The van der Waals surface area contributed by atoms with E-state index in [9.17, 15) is 4.79 Å². The first kappa shape index (κ1) is 21.6. The van der Waals surface area contributed by atoms with Crippen molar-refractivity contribution in [2.45, 2.75) is 57.7 Å². The maximum atomic E-state index is 12.9. The standard InChI is InChI=1S/C25H30N4OS/c1-18-12-13-22(15-19(18)2)29-23(16-21-10-5-4-6-11-21)26-27-25(29)31-17-24(30)28-14-8-7-9-20(28)3/h4-6,10-13,15,20H,7-9,14,16-17H2,1-3H3/t20-/m0/s1. The number of nitrogens with zero attached hydrogens (tertiary/aromatic N) is 4. The van der Waals surface area contributed by atoms with Crippen LogP contribution in [-0.4, -0.2) is 43.9 Å². The van der Waals surface area contributed by atoms with E-state index in [1.54, 1.807) is 0 Å². The number of hydrogen-bond donors (Lipinski definition) is 0. The monoisotopic (exact) mass is 434 g/mol. The van der Waals surface area contributed by atoms with E-state index >= 15 is 0 Å². The maximum absolute atomic E-state index is 12.9. The van der Waals surface area contributed by atoms with E-state index in [-0.39, 0.29) is 5.91 Å². The molecule has 1 aliphatic heterocycles. The molecule has 1 saturated heterocycles. The van der Waals surface area contributed by atoms with Crippen molar-refractivity contribution in [3.8, 4) is 5.69 Å². The van der Waals surface area contributed by atoms with Gasteiger partial charge in [-0.3, -0.25) is 9.36 Å². The molecule has 1 atom stereocenters. The number of benzene rings is 2. The van der Waals surface area contributed by atoms with E-state index in [2.05, 4.69) is 65.9 Å². The van der Waals surface area contributed by atoms with Gasteiger partial charge in [0.05, 0.1) is 5.75 Å². The minimum atomic E-state index is 0.191. The van der Waals surface area contributed by atoms with E-state index in [0.717, 1.165) is 36.1 Å². The highest BCUT2D eigenvalue weighted by Crippen LogP contribution is 2.26. The van der Waals surface area contributed by atoms with Crippen molar-refractivity contribution in [2.24, 2.45) is 0 Å². The molecular weight excluding hydrogens is 404 g/mol. The van der Waals surface area contributed by atoms with E-state index in [1.807, 2.05) is 23.1 Å². The summed E-state index contributed by atoms with van der Waals surface area (Å²) < 4.78 is 2.11. The first-order valence-electron chi connectivity index (χ1n) is 11.0. The second-order valence-electron chi connectivity index (χ2n) is 8.39. The Balaban J connectivity index is 1.60. The lowest BCUT2D eigenvalue weighted by atomic mass is 10.0. The molecule has 1 fully saturated rings. The second kappa shape index (κ2) is 9.69. The molecule has 1 aromatic heterocycles. The summed E-state index contributed by atoms with van der Waals surface area (Å²) >= 11 is 1.49. The molecular formula is C25H30N4OS. The van der Waals surface area contributed by atoms with Gasteiger partial charge in [0.25, 0.3) is 0 Å². The fraction of sp³-hybridized carbons (Fsp3) is 0.400. The smallest absolute Gasteiger partial charge is 0.233 e. The van der Waals surface area contributed by atoms with Crippen molar-refractivity contribution in [1.29, 1.82) is 0 Å². The van der Waals surface area contributed by atoms with Gasteiger partial charge < -0.3 is 4.90 Å². The lowest BCUT2D eigenvalue weighted by Gasteiger charge is -2.33. The van der Waals surface area contributed by atoms with Crippen molar-refractivity contribution >= 4 is 17.7 Å². The van der Waals surface area contributed by atoms with Crippen LogP contribution in [0.4, 0.5) is 0 Å². The Hall–Kier alpha value is -2.60. The number of aromatic nitrogens is 3. The van der Waals surface area contributed by atoms with Crippen LogP contribution in [0.15, 0.2) is 53.7 Å². The van der Waals surface area contributed by atoms with Crippen LogP contribution in [0.25, 0.3) is 5.69 Å². The van der Waals surface area contributed by atoms with Gasteiger partial charge >= 0.3 is 0 Å². The molecule has 162 valence electrons. The van der Waals surface area contributed by atoms with Crippen LogP contribution in [0.2, 0.25) is 0 Å². The molecule has 5 nitrogen and oxygen atoms in total. The molecule has 0 N–H and O–H groups in total. The molecule has 4 rings (SSSR count). The predicted octanol–water partition coefficient (Wildman–Crippen LogP) is 4.97. The van der Waals surface area contributed by atoms with E-state index in [0.29, 0.717) is 18.2 Å². The summed E-state index contributed by atoms with van der Waals surface area (Å²) in [7, 11) is 0. The summed E-state index contributed by atoms with van der Waals surface area (Å²) in [5.41, 5.74) is 4.71. The number of carbonyl (C=O) groups is 1. The molecule has 2 aromatic carbocycles. The summed E-state index contributed by atoms with van der Waals surface area (Å²) in [6.45, 7) is 7.25. The highest BCUT2D eigenvalue weighted by molar-refractivity contribution is 7.99. The molecule has 1 aliphatic rings. The summed E-state index contributed by atoms with van der Waals surface area (Å²) in [5, 5.41) is 9.77. The van der Waals surface area contributed by atoms with Crippen molar-refractivity contribution in [3.63, 3.8) is 0 Å². The number of piperidine rings is 1. The van der Waals surface area contributed by atoms with Crippen LogP contribution in [0.3, 0.4) is 0 Å². The van der Waals surface area contributed by atoms with Gasteiger partial charge in [0.2, 0.25) is 5.91 Å². The van der Waals surface area contributed by atoms with Crippen molar-refractivity contribution in [2.75, 3.05) is 12.3 Å². The van der Waals surface area contributed by atoms with Crippen molar-refractivity contribution in [3.05, 3.63) is 71.0 Å². The summed E-state index contributed by atoms with van der Waals surface area (Å²) in [6.07, 6.45) is 4.09. The number of aryl methyl sites for hydroxylation is 2. The van der Waals surface area contributed by atoms with Gasteiger partial charge in [-0.05, 0) is 68.9 Å². The molecule has 0 saturated carbocycles. The molecule has 0 bridgehead atoms. The molecule has 2 heterocycles. The lowest BCUT2D eigenvalue weighted by molar-refractivity contribution is -0.131. The molecule has 3 aromatic rings. The average molecular weight is 435 g/mol. The summed E-state index contributed by atoms with van der Waals surface area (Å²) in [6, 6.07) is 17.1. The zero-order chi connectivity index (χ0) is 21.8. The predicted molar refractivity (Wildman–Crippen MR) is 126 cm³/mol. The minimum Gasteiger partial charge on any atom is -0.339 e. The number of thioether (sulfide) groups is 1. The first-order valence-corrected chi connectivity index (χ1v) is 12.0. The van der Waals surface area contributed by atoms with Crippen LogP contribution in [0.1, 0.15) is 48.7 Å². The Morgan fingerprint density at radius 2 is 1.87 bits per heavy atom. The third-order valence-electron chi connectivity index (χ3n) is 6.10. The third kappa shape index (κ3) is 5.01. The van der Waals surface area contributed by atoms with Crippen molar-refractivity contribution in [1.82, 2.24) is 19.7 Å². The average Bonchev–Trinajstić information content (AvgIpc) is 3.17. The normalized spacial score (nSPS) is 16.5. The van der Waals surface area contributed by atoms with Crippen molar-refractivity contribution < 1.29 is 4.79 Å². The molecule has 0 radical (unpaired) electrons. The summed E-state index contributed by atoms with van der Waals surface area (Å²) in [5.74, 6) is 1.46. The fourth-order valence-electron chi connectivity index (χ4n) is 4.09. The van der Waals surface area contributed by atoms with Gasteiger partial charge in [0.1, 0.15) is 5.82 Å². The Morgan fingerprint density at radius 3 is 2.61 bits per heavy atom. The number of rotatable bonds is 6. The molecule has 0 spiro atoms. The largest absolute Gasteiger partial charge is 0.339 e. The number of carbonyl (C=O) groups excluding carboxylic acids is 1. The van der Waals surface area contributed by atoms with E-state index in [4.69, 9.17) is 0 Å². The molecule has 6 heteroatoms. The van der Waals surface area contributed by atoms with E-state index < -0.39 is 0 Å². The second-order valence-corrected chi connectivity index (χ2v) is 9.33. The van der Waals surface area contributed by atoms with Crippen LogP contribution in [0.5, 0.6) is 0 Å². The molecule has 0 aliphatic carbocycles. The van der Waals surface area contributed by atoms with Crippen LogP contribution >= 0.6 is 11.8 Å². The Kier molecular flexibility index (Phi) is 6.76. The third-order valence-corrected chi connectivity index (χ3v) is 7.02. The lowest BCUT2D eigenvalue weighted by Crippen LogP contribution is -2.42. The van der Waals surface area contributed by atoms with Gasteiger partial charge in [-0.15, -0.1) is 10.2 Å². The van der Waals surface area contributed by atoms with Gasteiger partial charge in [-0.2, -0.15) is 0 Å². The van der Waals surface area contributed by atoms with Crippen LogP contribution in [-0.2, 0) is 11.2 Å². The molecule has 31 heavy (non-hydrogen) atoms. The van der Waals surface area contributed by atoms with Gasteiger partial charge in [0, 0.05) is 24.7 Å². The topological polar surface area (TPSA) is 51.0 Å². The zero-order valence-corrected chi connectivity index (χ0v) is 19.4. The SMILES string of the molecule is Cc1ccc(-n2c(Cc3ccccc3)nnc2SCC(=O)N2CCCC[C@@H]2C)cc1C. The van der Waals surface area contributed by atoms with E-state index in [1.165, 1.54) is 34.9 Å².